The van der Waals surface area contributed by atoms with Crippen LogP contribution >= 0.6 is 0 Å². The minimum Gasteiger partial charge on any atom is -0.362 e. The Labute approximate surface area is 103 Å². The van der Waals surface area contributed by atoms with Gasteiger partial charge in [-0.2, -0.15) is 0 Å². The molecule has 1 saturated heterocycles. The van der Waals surface area contributed by atoms with E-state index in [0.29, 0.717) is 6.54 Å². The molecule has 1 heterocycles. The molecule has 0 saturated carbocycles. The van der Waals surface area contributed by atoms with Crippen LogP contribution in [0.5, 0.6) is 0 Å². The molecule has 0 bridgehead atoms. The van der Waals surface area contributed by atoms with E-state index in [1.165, 1.54) is 16.8 Å². The number of aryl methyl sites for hydroxylation is 1. The molecule has 1 fully saturated rings. The number of anilines is 1. The van der Waals surface area contributed by atoms with Gasteiger partial charge in [0.05, 0.1) is 6.54 Å². The molecule has 0 aromatic heterocycles. The first-order valence-electron chi connectivity index (χ1n) is 6.14. The summed E-state index contributed by atoms with van der Waals surface area (Å²) < 4.78 is 0. The Morgan fingerprint density at radius 3 is 2.71 bits per heavy atom. The van der Waals surface area contributed by atoms with Crippen molar-refractivity contribution in [2.75, 3.05) is 31.6 Å². The SMILES string of the molecule is Cc1cccc(N2CCCN(C)C(=O)C2)c1C. The maximum atomic E-state index is 11.9. The van der Waals surface area contributed by atoms with Gasteiger partial charge < -0.3 is 9.80 Å². The molecule has 0 atom stereocenters. The number of carbonyl (C=O) groups excluding carboxylic acids is 1. The van der Waals surface area contributed by atoms with Crippen molar-refractivity contribution in [3.8, 4) is 0 Å². The number of rotatable bonds is 1. The lowest BCUT2D eigenvalue weighted by Gasteiger charge is -2.24. The Bertz CT molecular complexity index is 428. The molecular formula is C14H20N2O. The van der Waals surface area contributed by atoms with Gasteiger partial charge in [0, 0.05) is 25.8 Å². The lowest BCUT2D eigenvalue weighted by Crippen LogP contribution is -2.34. The van der Waals surface area contributed by atoms with Crippen LogP contribution in [0.1, 0.15) is 17.5 Å². The molecular weight excluding hydrogens is 212 g/mol. The summed E-state index contributed by atoms with van der Waals surface area (Å²) in [6, 6.07) is 6.29. The van der Waals surface area contributed by atoms with Gasteiger partial charge in [0.2, 0.25) is 5.91 Å². The summed E-state index contributed by atoms with van der Waals surface area (Å²) >= 11 is 0. The Kier molecular flexibility index (Phi) is 3.36. The van der Waals surface area contributed by atoms with Crippen molar-refractivity contribution in [3.05, 3.63) is 29.3 Å². The zero-order valence-corrected chi connectivity index (χ0v) is 10.9. The summed E-state index contributed by atoms with van der Waals surface area (Å²) in [5, 5.41) is 0. The van der Waals surface area contributed by atoms with Gasteiger partial charge in [-0.25, -0.2) is 0 Å². The van der Waals surface area contributed by atoms with E-state index in [1.807, 2.05) is 11.9 Å². The highest BCUT2D eigenvalue weighted by Gasteiger charge is 2.20. The standard InChI is InChI=1S/C14H20N2O/c1-11-6-4-7-13(12(11)2)16-9-5-8-15(3)14(17)10-16/h4,6-7H,5,8-10H2,1-3H3. The van der Waals surface area contributed by atoms with Gasteiger partial charge in [-0.05, 0) is 37.5 Å². The summed E-state index contributed by atoms with van der Waals surface area (Å²) in [6.07, 6.45) is 1.04. The Morgan fingerprint density at radius 2 is 1.94 bits per heavy atom. The summed E-state index contributed by atoms with van der Waals surface area (Å²) in [4.78, 5) is 15.9. The van der Waals surface area contributed by atoms with Crippen LogP contribution in [0.2, 0.25) is 0 Å². The molecule has 0 spiro atoms. The van der Waals surface area contributed by atoms with E-state index >= 15 is 0 Å². The molecule has 92 valence electrons. The number of hydrogen-bond acceptors (Lipinski definition) is 2. The highest BCUT2D eigenvalue weighted by molar-refractivity contribution is 5.82. The predicted molar refractivity (Wildman–Crippen MR) is 70.4 cm³/mol. The van der Waals surface area contributed by atoms with Gasteiger partial charge in [0.1, 0.15) is 0 Å². The number of nitrogens with zero attached hydrogens (tertiary/aromatic N) is 2. The van der Waals surface area contributed by atoms with Crippen molar-refractivity contribution in [3.63, 3.8) is 0 Å². The minimum atomic E-state index is 0.211. The molecule has 0 aliphatic carbocycles. The molecule has 1 aromatic rings. The van der Waals surface area contributed by atoms with E-state index in [0.717, 1.165) is 19.5 Å². The van der Waals surface area contributed by atoms with Crippen LogP contribution in [0.25, 0.3) is 0 Å². The van der Waals surface area contributed by atoms with Crippen LogP contribution in [0.3, 0.4) is 0 Å². The van der Waals surface area contributed by atoms with E-state index in [4.69, 9.17) is 0 Å². The molecule has 1 aromatic carbocycles. The van der Waals surface area contributed by atoms with Crippen molar-refractivity contribution < 1.29 is 4.79 Å². The molecule has 17 heavy (non-hydrogen) atoms. The normalized spacial score (nSPS) is 17.2. The molecule has 1 aliphatic heterocycles. The van der Waals surface area contributed by atoms with Crippen LogP contribution in [-0.4, -0.2) is 37.5 Å². The highest BCUT2D eigenvalue weighted by atomic mass is 16.2. The third-order valence-corrected chi connectivity index (χ3v) is 3.59. The average molecular weight is 232 g/mol. The quantitative estimate of drug-likeness (QED) is 0.739. The number of amides is 1. The first-order chi connectivity index (χ1) is 8.09. The van der Waals surface area contributed by atoms with E-state index in [-0.39, 0.29) is 5.91 Å². The van der Waals surface area contributed by atoms with E-state index < -0.39 is 0 Å². The van der Waals surface area contributed by atoms with Crippen LogP contribution in [0.4, 0.5) is 5.69 Å². The first-order valence-corrected chi connectivity index (χ1v) is 6.14. The van der Waals surface area contributed by atoms with E-state index in [9.17, 15) is 4.79 Å². The van der Waals surface area contributed by atoms with Crippen LogP contribution in [-0.2, 0) is 4.79 Å². The maximum absolute atomic E-state index is 11.9. The average Bonchev–Trinajstić information content (AvgIpc) is 2.46. The fourth-order valence-corrected chi connectivity index (χ4v) is 2.27. The maximum Gasteiger partial charge on any atom is 0.241 e. The molecule has 0 N–H and O–H groups in total. The first kappa shape index (κ1) is 12.0. The lowest BCUT2D eigenvalue weighted by atomic mass is 10.1. The Morgan fingerprint density at radius 1 is 1.18 bits per heavy atom. The third kappa shape index (κ3) is 2.43. The molecule has 0 unspecified atom stereocenters. The van der Waals surface area contributed by atoms with Gasteiger partial charge in [-0.15, -0.1) is 0 Å². The van der Waals surface area contributed by atoms with Gasteiger partial charge in [-0.3, -0.25) is 4.79 Å². The summed E-state index contributed by atoms with van der Waals surface area (Å²) in [7, 11) is 1.88. The van der Waals surface area contributed by atoms with E-state index in [2.05, 4.69) is 36.9 Å². The number of likely N-dealkylation sites (N-methyl/N-ethyl adjacent to an activating group) is 1. The third-order valence-electron chi connectivity index (χ3n) is 3.59. The molecule has 1 amide bonds. The zero-order chi connectivity index (χ0) is 12.4. The Hall–Kier alpha value is -1.51. The minimum absolute atomic E-state index is 0.211. The smallest absolute Gasteiger partial charge is 0.241 e. The van der Waals surface area contributed by atoms with Gasteiger partial charge in [0.15, 0.2) is 0 Å². The second-order valence-corrected chi connectivity index (χ2v) is 4.81. The molecule has 2 rings (SSSR count). The molecule has 3 nitrogen and oxygen atoms in total. The second kappa shape index (κ2) is 4.78. The largest absolute Gasteiger partial charge is 0.362 e. The van der Waals surface area contributed by atoms with E-state index in [1.54, 1.807) is 0 Å². The zero-order valence-electron chi connectivity index (χ0n) is 10.9. The van der Waals surface area contributed by atoms with Gasteiger partial charge in [0.25, 0.3) is 0 Å². The monoisotopic (exact) mass is 232 g/mol. The molecule has 0 radical (unpaired) electrons. The van der Waals surface area contributed by atoms with Gasteiger partial charge >= 0.3 is 0 Å². The molecule has 1 aliphatic rings. The summed E-state index contributed by atoms with van der Waals surface area (Å²) in [5.74, 6) is 0.211. The molecule has 3 heteroatoms. The second-order valence-electron chi connectivity index (χ2n) is 4.81. The van der Waals surface area contributed by atoms with Crippen LogP contribution in [0.15, 0.2) is 18.2 Å². The highest BCUT2D eigenvalue weighted by Crippen LogP contribution is 2.23. The Balaban J connectivity index is 2.27. The summed E-state index contributed by atoms with van der Waals surface area (Å²) in [5.41, 5.74) is 3.77. The van der Waals surface area contributed by atoms with Crippen molar-refractivity contribution >= 4 is 11.6 Å². The van der Waals surface area contributed by atoms with Crippen molar-refractivity contribution in [2.24, 2.45) is 0 Å². The summed E-state index contributed by atoms with van der Waals surface area (Å²) in [6.45, 7) is 6.57. The number of carbonyl (C=O) groups is 1. The fraction of sp³-hybridized carbons (Fsp3) is 0.500. The fourth-order valence-electron chi connectivity index (χ4n) is 2.27. The van der Waals surface area contributed by atoms with Crippen molar-refractivity contribution in [1.82, 2.24) is 4.90 Å². The predicted octanol–water partition coefficient (Wildman–Crippen LogP) is 1.97. The van der Waals surface area contributed by atoms with Crippen molar-refractivity contribution in [2.45, 2.75) is 20.3 Å². The lowest BCUT2D eigenvalue weighted by molar-refractivity contribution is -0.127. The van der Waals surface area contributed by atoms with Crippen LogP contribution < -0.4 is 4.90 Å². The number of hydrogen-bond donors (Lipinski definition) is 0. The van der Waals surface area contributed by atoms with Gasteiger partial charge in [-0.1, -0.05) is 12.1 Å². The van der Waals surface area contributed by atoms with Crippen LogP contribution in [0, 0.1) is 13.8 Å². The topological polar surface area (TPSA) is 23.6 Å². The van der Waals surface area contributed by atoms with Crippen molar-refractivity contribution in [1.29, 1.82) is 0 Å². The number of benzene rings is 1.